The van der Waals surface area contributed by atoms with Crippen LogP contribution >= 0.6 is 0 Å². The molecule has 1 saturated carbocycles. The van der Waals surface area contributed by atoms with Crippen LogP contribution in [0.4, 0.5) is 0 Å². The number of hydrogen-bond donors (Lipinski definition) is 2. The third kappa shape index (κ3) is 6.22. The summed E-state index contributed by atoms with van der Waals surface area (Å²) in [5.41, 5.74) is 0. The predicted molar refractivity (Wildman–Crippen MR) is 86.9 cm³/mol. The molecule has 124 valence electrons. The van der Waals surface area contributed by atoms with Gasteiger partial charge in [-0.1, -0.05) is 12.8 Å². The highest BCUT2D eigenvalue weighted by Gasteiger charge is 2.20. The Balaban J connectivity index is 1.61. The van der Waals surface area contributed by atoms with Crippen LogP contribution in [0.1, 0.15) is 44.9 Å². The molecule has 0 amide bonds. The molecule has 21 heavy (non-hydrogen) atoms. The van der Waals surface area contributed by atoms with Crippen LogP contribution in [0, 0.1) is 5.92 Å². The van der Waals surface area contributed by atoms with E-state index in [9.17, 15) is 8.42 Å². The summed E-state index contributed by atoms with van der Waals surface area (Å²) >= 11 is 0. The molecular weight excluding hydrogens is 286 g/mol. The molecule has 1 aliphatic heterocycles. The predicted octanol–water partition coefficient (Wildman–Crippen LogP) is 1.17. The Kier molecular flexibility index (Phi) is 6.92. The maximum absolute atomic E-state index is 12.0. The Labute approximate surface area is 129 Å². The van der Waals surface area contributed by atoms with Crippen molar-refractivity contribution in [3.05, 3.63) is 0 Å². The second-order valence-electron chi connectivity index (χ2n) is 6.61. The van der Waals surface area contributed by atoms with Gasteiger partial charge in [-0.3, -0.25) is 0 Å². The fourth-order valence-corrected chi connectivity index (χ4v) is 4.66. The van der Waals surface area contributed by atoms with Gasteiger partial charge in [0.2, 0.25) is 10.0 Å². The summed E-state index contributed by atoms with van der Waals surface area (Å²) in [6.07, 6.45) is 8.18. The standard InChI is InChI=1S/C15H31N3O2S/c1-18(15-4-2-3-5-15)12-11-17-21(19,20)13-8-14-6-9-16-10-7-14/h14-17H,2-13H2,1H3. The lowest BCUT2D eigenvalue weighted by Gasteiger charge is -2.24. The van der Waals surface area contributed by atoms with Crippen LogP contribution in [0.2, 0.25) is 0 Å². The van der Waals surface area contributed by atoms with E-state index in [4.69, 9.17) is 0 Å². The number of likely N-dealkylation sites (N-methyl/N-ethyl adjacent to an activating group) is 1. The van der Waals surface area contributed by atoms with Crippen LogP contribution in [0.25, 0.3) is 0 Å². The Morgan fingerprint density at radius 3 is 2.48 bits per heavy atom. The molecule has 0 radical (unpaired) electrons. The number of nitrogens with zero attached hydrogens (tertiary/aromatic N) is 1. The summed E-state index contributed by atoms with van der Waals surface area (Å²) in [6.45, 7) is 3.42. The fourth-order valence-electron chi connectivity index (χ4n) is 3.47. The molecule has 0 bridgehead atoms. The first-order valence-electron chi connectivity index (χ1n) is 8.45. The van der Waals surface area contributed by atoms with Crippen LogP contribution in [0.5, 0.6) is 0 Å². The smallest absolute Gasteiger partial charge is 0.211 e. The number of rotatable bonds is 8. The molecule has 1 saturated heterocycles. The van der Waals surface area contributed by atoms with E-state index in [1.165, 1.54) is 25.7 Å². The molecule has 2 N–H and O–H groups in total. The quantitative estimate of drug-likeness (QED) is 0.705. The first-order chi connectivity index (χ1) is 10.1. The lowest BCUT2D eigenvalue weighted by atomic mass is 9.96. The average molecular weight is 317 g/mol. The largest absolute Gasteiger partial charge is 0.317 e. The first kappa shape index (κ1) is 17.2. The van der Waals surface area contributed by atoms with E-state index in [0.717, 1.165) is 38.9 Å². The minimum absolute atomic E-state index is 0.283. The summed E-state index contributed by atoms with van der Waals surface area (Å²) in [4.78, 5) is 2.31. The first-order valence-corrected chi connectivity index (χ1v) is 10.1. The molecule has 2 aliphatic rings. The van der Waals surface area contributed by atoms with E-state index in [2.05, 4.69) is 22.0 Å². The average Bonchev–Trinajstić information content (AvgIpc) is 3.00. The van der Waals surface area contributed by atoms with Crippen molar-refractivity contribution in [2.75, 3.05) is 39.0 Å². The zero-order valence-electron chi connectivity index (χ0n) is 13.3. The number of hydrogen-bond acceptors (Lipinski definition) is 4. The number of sulfonamides is 1. The van der Waals surface area contributed by atoms with Gasteiger partial charge in [-0.2, -0.15) is 0 Å². The monoisotopic (exact) mass is 317 g/mol. The summed E-state index contributed by atoms with van der Waals surface area (Å²) in [7, 11) is -0.987. The Morgan fingerprint density at radius 2 is 1.81 bits per heavy atom. The molecule has 2 rings (SSSR count). The van der Waals surface area contributed by atoms with E-state index in [0.29, 0.717) is 18.5 Å². The number of piperidine rings is 1. The van der Waals surface area contributed by atoms with Gasteiger partial charge in [-0.15, -0.1) is 0 Å². The number of nitrogens with one attached hydrogen (secondary N) is 2. The summed E-state index contributed by atoms with van der Waals surface area (Å²) in [5.74, 6) is 0.856. The van der Waals surface area contributed by atoms with Crippen molar-refractivity contribution >= 4 is 10.0 Å². The van der Waals surface area contributed by atoms with Crippen molar-refractivity contribution in [1.29, 1.82) is 0 Å². The van der Waals surface area contributed by atoms with Gasteiger partial charge in [0.15, 0.2) is 0 Å². The van der Waals surface area contributed by atoms with Gasteiger partial charge in [0.25, 0.3) is 0 Å². The molecule has 6 heteroatoms. The SMILES string of the molecule is CN(CCNS(=O)(=O)CCC1CCNCC1)C1CCCC1. The van der Waals surface area contributed by atoms with E-state index >= 15 is 0 Å². The van der Waals surface area contributed by atoms with Crippen molar-refractivity contribution in [1.82, 2.24) is 14.9 Å². The molecule has 0 aromatic carbocycles. The Bertz CT molecular complexity index is 388. The Hall–Kier alpha value is -0.170. The summed E-state index contributed by atoms with van der Waals surface area (Å²) in [6, 6.07) is 0.657. The molecule has 5 nitrogen and oxygen atoms in total. The molecule has 2 fully saturated rings. The molecular formula is C15H31N3O2S. The topological polar surface area (TPSA) is 61.4 Å². The normalized spacial score (nSPS) is 22.2. The molecule has 0 aromatic rings. The lowest BCUT2D eigenvalue weighted by molar-refractivity contribution is 0.250. The van der Waals surface area contributed by atoms with Crippen LogP contribution in [-0.4, -0.2) is 58.3 Å². The highest BCUT2D eigenvalue weighted by molar-refractivity contribution is 7.89. The maximum Gasteiger partial charge on any atom is 0.211 e. The summed E-state index contributed by atoms with van der Waals surface area (Å²) in [5, 5.41) is 3.31. The van der Waals surface area contributed by atoms with Gasteiger partial charge in [-0.05, 0) is 58.2 Å². The third-order valence-corrected chi connectivity index (χ3v) is 6.41. The molecule has 0 atom stereocenters. The minimum Gasteiger partial charge on any atom is -0.317 e. The Morgan fingerprint density at radius 1 is 1.14 bits per heavy atom. The van der Waals surface area contributed by atoms with Crippen LogP contribution in [0.3, 0.4) is 0 Å². The second kappa shape index (κ2) is 8.46. The minimum atomic E-state index is -3.10. The fraction of sp³-hybridized carbons (Fsp3) is 1.00. The second-order valence-corrected chi connectivity index (χ2v) is 8.54. The molecule has 0 spiro atoms. The van der Waals surface area contributed by atoms with Crippen molar-refractivity contribution in [2.45, 2.75) is 51.0 Å². The lowest BCUT2D eigenvalue weighted by Crippen LogP contribution is -2.38. The zero-order valence-corrected chi connectivity index (χ0v) is 14.1. The molecule has 0 aromatic heterocycles. The van der Waals surface area contributed by atoms with Crippen molar-refractivity contribution in [2.24, 2.45) is 5.92 Å². The highest BCUT2D eigenvalue weighted by atomic mass is 32.2. The van der Waals surface area contributed by atoms with Gasteiger partial charge in [0.1, 0.15) is 0 Å². The van der Waals surface area contributed by atoms with Crippen molar-refractivity contribution < 1.29 is 8.42 Å². The molecule has 1 heterocycles. The molecule has 0 unspecified atom stereocenters. The van der Waals surface area contributed by atoms with Gasteiger partial charge in [0.05, 0.1) is 5.75 Å². The van der Waals surface area contributed by atoms with Crippen LogP contribution < -0.4 is 10.0 Å². The maximum atomic E-state index is 12.0. The third-order valence-electron chi connectivity index (χ3n) is 4.99. The molecule has 1 aliphatic carbocycles. The van der Waals surface area contributed by atoms with E-state index in [1.807, 2.05) is 0 Å². The van der Waals surface area contributed by atoms with E-state index in [1.54, 1.807) is 0 Å². The van der Waals surface area contributed by atoms with Gasteiger partial charge in [-0.25, -0.2) is 13.1 Å². The van der Waals surface area contributed by atoms with E-state index < -0.39 is 10.0 Å². The van der Waals surface area contributed by atoms with Crippen LogP contribution in [0.15, 0.2) is 0 Å². The van der Waals surface area contributed by atoms with Gasteiger partial charge >= 0.3 is 0 Å². The van der Waals surface area contributed by atoms with E-state index in [-0.39, 0.29) is 5.75 Å². The van der Waals surface area contributed by atoms with Crippen LogP contribution in [-0.2, 0) is 10.0 Å². The summed E-state index contributed by atoms with van der Waals surface area (Å²) < 4.78 is 26.8. The van der Waals surface area contributed by atoms with Gasteiger partial charge in [0, 0.05) is 19.1 Å². The van der Waals surface area contributed by atoms with Crippen molar-refractivity contribution in [3.63, 3.8) is 0 Å². The van der Waals surface area contributed by atoms with Crippen molar-refractivity contribution in [3.8, 4) is 0 Å². The highest BCUT2D eigenvalue weighted by Crippen LogP contribution is 2.21. The zero-order chi connectivity index (χ0) is 15.1. The van der Waals surface area contributed by atoms with Gasteiger partial charge < -0.3 is 10.2 Å².